The molecule has 0 aromatic heterocycles. The van der Waals surface area contributed by atoms with Crippen LogP contribution in [-0.2, 0) is 0 Å². The fraction of sp³-hybridized carbons (Fsp3) is 0.273. The van der Waals surface area contributed by atoms with E-state index in [4.69, 9.17) is 4.74 Å². The van der Waals surface area contributed by atoms with Crippen LogP contribution in [0.2, 0.25) is 0 Å². The lowest BCUT2D eigenvalue weighted by Gasteiger charge is -2.05. The first-order valence-corrected chi connectivity index (χ1v) is 4.43. The topological polar surface area (TPSA) is 21.3 Å². The number of para-hydroxylation sites is 1. The highest BCUT2D eigenvalue weighted by molar-refractivity contribution is 8.93. The van der Waals surface area contributed by atoms with E-state index in [1.54, 1.807) is 0 Å². The third kappa shape index (κ3) is 5.78. The summed E-state index contributed by atoms with van der Waals surface area (Å²) < 4.78 is 5.46. The van der Waals surface area contributed by atoms with Crippen LogP contribution >= 0.6 is 17.0 Å². The molecule has 0 fully saturated rings. The fourth-order valence-electron chi connectivity index (χ4n) is 0.962. The molecule has 0 radical (unpaired) electrons. The lowest BCUT2D eigenvalue weighted by Crippen LogP contribution is -2.20. The van der Waals surface area contributed by atoms with Gasteiger partial charge in [0.15, 0.2) is 0 Å². The highest BCUT2D eigenvalue weighted by atomic mass is 79.9. The number of hydrogen-bond acceptors (Lipinski definition) is 2. The minimum absolute atomic E-state index is 0. The molecule has 0 aliphatic heterocycles. The Hall–Kier alpha value is -0.800. The predicted octanol–water partition coefficient (Wildman–Crippen LogP) is 2.42. The molecular formula is C11H16BrNO. The van der Waals surface area contributed by atoms with Gasteiger partial charge in [-0.1, -0.05) is 24.3 Å². The van der Waals surface area contributed by atoms with Gasteiger partial charge in [0, 0.05) is 13.1 Å². The van der Waals surface area contributed by atoms with E-state index in [0.717, 1.165) is 18.8 Å². The summed E-state index contributed by atoms with van der Waals surface area (Å²) >= 11 is 0. The van der Waals surface area contributed by atoms with Gasteiger partial charge < -0.3 is 10.1 Å². The minimum Gasteiger partial charge on any atom is -0.492 e. The molecule has 3 heteroatoms. The van der Waals surface area contributed by atoms with Crippen LogP contribution < -0.4 is 10.1 Å². The largest absolute Gasteiger partial charge is 0.492 e. The summed E-state index contributed by atoms with van der Waals surface area (Å²) in [5, 5.41) is 3.16. The molecule has 0 bridgehead atoms. The average Bonchev–Trinajstić information content (AvgIpc) is 2.19. The summed E-state index contributed by atoms with van der Waals surface area (Å²) in [5.74, 6) is 0.919. The smallest absolute Gasteiger partial charge is 0.119 e. The molecule has 1 aromatic carbocycles. The number of rotatable bonds is 6. The van der Waals surface area contributed by atoms with E-state index >= 15 is 0 Å². The SMILES string of the molecule is Br.C=CCNCCOc1ccccc1. The summed E-state index contributed by atoms with van der Waals surface area (Å²) in [5.41, 5.74) is 0. The Morgan fingerprint density at radius 3 is 2.64 bits per heavy atom. The van der Waals surface area contributed by atoms with Crippen molar-refractivity contribution in [3.63, 3.8) is 0 Å². The molecule has 0 spiro atoms. The lowest BCUT2D eigenvalue weighted by molar-refractivity contribution is 0.316. The Balaban J connectivity index is 0.00000169. The first-order valence-electron chi connectivity index (χ1n) is 4.43. The average molecular weight is 258 g/mol. The highest BCUT2D eigenvalue weighted by Gasteiger charge is 1.89. The van der Waals surface area contributed by atoms with Crippen LogP contribution in [0.5, 0.6) is 5.75 Å². The van der Waals surface area contributed by atoms with Crippen LogP contribution in [0.4, 0.5) is 0 Å². The highest BCUT2D eigenvalue weighted by Crippen LogP contribution is 2.07. The van der Waals surface area contributed by atoms with Crippen LogP contribution in [0.25, 0.3) is 0 Å². The van der Waals surface area contributed by atoms with Crippen molar-refractivity contribution in [3.8, 4) is 5.75 Å². The number of halogens is 1. The quantitative estimate of drug-likeness (QED) is 0.625. The zero-order chi connectivity index (χ0) is 9.36. The molecule has 14 heavy (non-hydrogen) atoms. The van der Waals surface area contributed by atoms with E-state index < -0.39 is 0 Å². The molecule has 2 nitrogen and oxygen atoms in total. The third-order valence-electron chi connectivity index (χ3n) is 1.58. The second-order valence-electron chi connectivity index (χ2n) is 2.65. The Kier molecular flexibility index (Phi) is 8.28. The Morgan fingerprint density at radius 2 is 2.00 bits per heavy atom. The van der Waals surface area contributed by atoms with Crippen molar-refractivity contribution in [2.75, 3.05) is 19.7 Å². The van der Waals surface area contributed by atoms with Crippen molar-refractivity contribution in [1.82, 2.24) is 5.32 Å². The molecule has 0 saturated heterocycles. The van der Waals surface area contributed by atoms with Gasteiger partial charge in [0.2, 0.25) is 0 Å². The van der Waals surface area contributed by atoms with Gasteiger partial charge in [0.25, 0.3) is 0 Å². The molecular weight excluding hydrogens is 242 g/mol. The van der Waals surface area contributed by atoms with Gasteiger partial charge in [-0.25, -0.2) is 0 Å². The second kappa shape index (κ2) is 8.78. The fourth-order valence-corrected chi connectivity index (χ4v) is 0.962. The lowest BCUT2D eigenvalue weighted by atomic mass is 10.3. The van der Waals surface area contributed by atoms with Crippen molar-refractivity contribution < 1.29 is 4.74 Å². The minimum atomic E-state index is 0. The van der Waals surface area contributed by atoms with Crippen molar-refractivity contribution >= 4 is 17.0 Å². The van der Waals surface area contributed by atoms with E-state index in [0.29, 0.717) is 6.61 Å². The van der Waals surface area contributed by atoms with Gasteiger partial charge in [-0.05, 0) is 12.1 Å². The molecule has 0 aliphatic rings. The van der Waals surface area contributed by atoms with Gasteiger partial charge >= 0.3 is 0 Å². The second-order valence-corrected chi connectivity index (χ2v) is 2.65. The molecule has 0 saturated carbocycles. The molecule has 0 aliphatic carbocycles. The van der Waals surface area contributed by atoms with Gasteiger partial charge in [0.05, 0.1) is 0 Å². The molecule has 0 heterocycles. The van der Waals surface area contributed by atoms with Crippen molar-refractivity contribution in [3.05, 3.63) is 43.0 Å². The van der Waals surface area contributed by atoms with Crippen molar-refractivity contribution in [2.24, 2.45) is 0 Å². The normalized spacial score (nSPS) is 8.86. The van der Waals surface area contributed by atoms with Gasteiger partial charge in [-0.15, -0.1) is 23.6 Å². The summed E-state index contributed by atoms with van der Waals surface area (Å²) in [6.45, 7) is 5.99. The summed E-state index contributed by atoms with van der Waals surface area (Å²) in [7, 11) is 0. The summed E-state index contributed by atoms with van der Waals surface area (Å²) in [6.07, 6.45) is 1.84. The van der Waals surface area contributed by atoms with Crippen LogP contribution in [0, 0.1) is 0 Å². The summed E-state index contributed by atoms with van der Waals surface area (Å²) in [6, 6.07) is 9.81. The van der Waals surface area contributed by atoms with Crippen molar-refractivity contribution in [2.45, 2.75) is 0 Å². The maximum absolute atomic E-state index is 5.46. The van der Waals surface area contributed by atoms with Crippen molar-refractivity contribution in [1.29, 1.82) is 0 Å². The van der Waals surface area contributed by atoms with Gasteiger partial charge in [-0.3, -0.25) is 0 Å². The van der Waals surface area contributed by atoms with E-state index in [9.17, 15) is 0 Å². The molecule has 0 atom stereocenters. The molecule has 0 unspecified atom stereocenters. The monoisotopic (exact) mass is 257 g/mol. The number of ether oxygens (including phenoxy) is 1. The van der Waals surface area contributed by atoms with Crippen LogP contribution in [0.15, 0.2) is 43.0 Å². The van der Waals surface area contributed by atoms with E-state index in [-0.39, 0.29) is 17.0 Å². The predicted molar refractivity (Wildman–Crippen MR) is 65.3 cm³/mol. The Bertz CT molecular complexity index is 238. The molecule has 0 amide bonds. The van der Waals surface area contributed by atoms with Crippen LogP contribution in [-0.4, -0.2) is 19.7 Å². The van der Waals surface area contributed by atoms with Gasteiger partial charge in [0.1, 0.15) is 12.4 Å². The van der Waals surface area contributed by atoms with Crippen LogP contribution in [0.1, 0.15) is 0 Å². The maximum atomic E-state index is 5.46. The standard InChI is InChI=1S/C11H15NO.BrH/c1-2-8-12-9-10-13-11-6-4-3-5-7-11;/h2-7,12H,1,8-10H2;1H. The van der Waals surface area contributed by atoms with E-state index in [1.807, 2.05) is 36.4 Å². The first kappa shape index (κ1) is 13.2. The zero-order valence-electron chi connectivity index (χ0n) is 8.11. The van der Waals surface area contributed by atoms with Gasteiger partial charge in [-0.2, -0.15) is 0 Å². The third-order valence-corrected chi connectivity index (χ3v) is 1.58. The first-order chi connectivity index (χ1) is 6.43. The Labute approximate surface area is 95.7 Å². The zero-order valence-corrected chi connectivity index (χ0v) is 9.82. The maximum Gasteiger partial charge on any atom is 0.119 e. The molecule has 1 aromatic rings. The summed E-state index contributed by atoms with van der Waals surface area (Å²) in [4.78, 5) is 0. The molecule has 1 N–H and O–H groups in total. The van der Waals surface area contributed by atoms with E-state index in [1.165, 1.54) is 0 Å². The van der Waals surface area contributed by atoms with E-state index in [2.05, 4.69) is 11.9 Å². The van der Waals surface area contributed by atoms with Crippen LogP contribution in [0.3, 0.4) is 0 Å². The number of hydrogen-bond donors (Lipinski definition) is 1. The number of nitrogens with one attached hydrogen (secondary N) is 1. The number of benzene rings is 1. The molecule has 78 valence electrons. The molecule has 1 rings (SSSR count). The Morgan fingerprint density at radius 1 is 1.29 bits per heavy atom.